The quantitative estimate of drug-likeness (QED) is 0.112. The van der Waals surface area contributed by atoms with Crippen molar-refractivity contribution in [3.8, 4) is 5.75 Å². The first-order valence-electron chi connectivity index (χ1n) is 15.4. The molecule has 0 aliphatic heterocycles. The lowest BCUT2D eigenvalue weighted by molar-refractivity contribution is -0.140. The minimum Gasteiger partial charge on any atom is -0.462 e. The monoisotopic (exact) mass is 524 g/mol. The summed E-state index contributed by atoms with van der Waals surface area (Å²) in [5.41, 5.74) is 4.20. The molecule has 4 heteroatoms. The van der Waals surface area contributed by atoms with Crippen LogP contribution in [0.15, 0.2) is 24.3 Å². The maximum absolute atomic E-state index is 13.0. The third-order valence-electron chi connectivity index (χ3n) is 9.15. The normalized spacial score (nSPS) is 23.6. The highest BCUT2D eigenvalue weighted by molar-refractivity contribution is 5.86. The predicted molar refractivity (Wildman–Crippen MR) is 155 cm³/mol. The van der Waals surface area contributed by atoms with Crippen molar-refractivity contribution in [1.29, 1.82) is 0 Å². The topological polar surface area (TPSA) is 52.6 Å². The van der Waals surface area contributed by atoms with E-state index < -0.39 is 0 Å². The number of benzene rings is 1. The molecule has 0 aromatic heterocycles. The molecule has 0 heterocycles. The average Bonchev–Trinajstić information content (AvgIpc) is 2.90. The summed E-state index contributed by atoms with van der Waals surface area (Å²) in [4.78, 5) is 24.4. The minimum absolute atomic E-state index is 0.0333. The Kier molecular flexibility index (Phi) is 12.4. The van der Waals surface area contributed by atoms with E-state index in [1.165, 1.54) is 68.1 Å². The van der Waals surface area contributed by atoms with Crippen molar-refractivity contribution in [2.24, 2.45) is 23.7 Å². The van der Waals surface area contributed by atoms with Crippen LogP contribution < -0.4 is 4.74 Å². The standard InChI is InChI=1S/C34H52O4/c1-6-11-27-13-15-28(16-14-27)29-17-19-30(20-18-29)34(36)38-31-22-25(4)32(26(5)23-31)12-9-7-8-10-21-37-33(35)24(2)3/h22-23,27-30H,2,6-21H2,1,3-5H3. The van der Waals surface area contributed by atoms with E-state index in [1.807, 2.05) is 12.1 Å². The number of ether oxygens (including phenoxy) is 2. The van der Waals surface area contributed by atoms with Gasteiger partial charge in [0.25, 0.3) is 0 Å². The van der Waals surface area contributed by atoms with E-state index in [0.717, 1.165) is 62.7 Å². The first-order chi connectivity index (χ1) is 18.3. The number of hydrogen-bond donors (Lipinski definition) is 0. The van der Waals surface area contributed by atoms with Crippen LogP contribution in [0.2, 0.25) is 0 Å². The summed E-state index contributed by atoms with van der Waals surface area (Å²) in [6.45, 7) is 12.3. The fourth-order valence-corrected chi connectivity index (χ4v) is 6.83. The van der Waals surface area contributed by atoms with Gasteiger partial charge in [-0.2, -0.15) is 0 Å². The van der Waals surface area contributed by atoms with E-state index in [9.17, 15) is 9.59 Å². The molecule has 0 radical (unpaired) electrons. The molecule has 0 unspecified atom stereocenters. The van der Waals surface area contributed by atoms with Gasteiger partial charge in [0.1, 0.15) is 5.75 Å². The van der Waals surface area contributed by atoms with Crippen molar-refractivity contribution in [3.05, 3.63) is 41.0 Å². The number of carbonyl (C=O) groups excluding carboxylic acids is 2. The Morgan fingerprint density at radius 3 is 2.03 bits per heavy atom. The molecule has 0 bridgehead atoms. The zero-order valence-corrected chi connectivity index (χ0v) is 24.6. The highest BCUT2D eigenvalue weighted by atomic mass is 16.5. The summed E-state index contributed by atoms with van der Waals surface area (Å²) >= 11 is 0. The van der Waals surface area contributed by atoms with E-state index in [0.29, 0.717) is 17.9 Å². The number of unbranched alkanes of at least 4 members (excludes halogenated alkanes) is 3. The van der Waals surface area contributed by atoms with E-state index in [4.69, 9.17) is 9.47 Å². The van der Waals surface area contributed by atoms with Gasteiger partial charge in [-0.1, -0.05) is 52.0 Å². The third kappa shape index (κ3) is 9.27. The molecule has 212 valence electrons. The number of aryl methyl sites for hydroxylation is 2. The molecule has 0 N–H and O–H groups in total. The molecule has 1 aromatic carbocycles. The Balaban J connectivity index is 1.37. The number of esters is 2. The molecule has 38 heavy (non-hydrogen) atoms. The van der Waals surface area contributed by atoms with Crippen molar-refractivity contribution in [2.45, 2.75) is 124 Å². The Bertz CT molecular complexity index is 893. The molecule has 2 fully saturated rings. The van der Waals surface area contributed by atoms with Gasteiger partial charge >= 0.3 is 11.9 Å². The molecule has 2 aliphatic carbocycles. The number of rotatable bonds is 13. The molecule has 2 aliphatic rings. The van der Waals surface area contributed by atoms with Crippen LogP contribution in [0.1, 0.15) is 120 Å². The van der Waals surface area contributed by atoms with E-state index in [2.05, 4.69) is 27.4 Å². The van der Waals surface area contributed by atoms with Gasteiger partial charge in [0.05, 0.1) is 12.5 Å². The van der Waals surface area contributed by atoms with Crippen LogP contribution in [0.3, 0.4) is 0 Å². The van der Waals surface area contributed by atoms with E-state index >= 15 is 0 Å². The second kappa shape index (κ2) is 15.5. The van der Waals surface area contributed by atoms with Crippen LogP contribution in [-0.4, -0.2) is 18.5 Å². The highest BCUT2D eigenvalue weighted by Crippen LogP contribution is 2.42. The van der Waals surface area contributed by atoms with Crippen molar-refractivity contribution in [1.82, 2.24) is 0 Å². The number of hydrogen-bond acceptors (Lipinski definition) is 4. The first kappa shape index (κ1) is 30.4. The predicted octanol–water partition coefficient (Wildman–Crippen LogP) is 8.84. The summed E-state index contributed by atoms with van der Waals surface area (Å²) < 4.78 is 11.1. The Hall–Kier alpha value is -2.10. The van der Waals surface area contributed by atoms with Gasteiger partial charge in [-0.25, -0.2) is 4.79 Å². The molecule has 2 saturated carbocycles. The van der Waals surface area contributed by atoms with Crippen LogP contribution in [0.25, 0.3) is 0 Å². The van der Waals surface area contributed by atoms with Crippen molar-refractivity contribution in [3.63, 3.8) is 0 Å². The Labute approximate surface area is 231 Å². The molecular weight excluding hydrogens is 472 g/mol. The van der Waals surface area contributed by atoms with Crippen molar-refractivity contribution >= 4 is 11.9 Å². The first-order valence-corrected chi connectivity index (χ1v) is 15.4. The van der Waals surface area contributed by atoms with Crippen LogP contribution in [-0.2, 0) is 20.7 Å². The lowest BCUT2D eigenvalue weighted by atomic mass is 9.69. The zero-order chi connectivity index (χ0) is 27.5. The molecule has 3 rings (SSSR count). The summed E-state index contributed by atoms with van der Waals surface area (Å²) in [6.07, 6.45) is 17.9. The van der Waals surface area contributed by atoms with Crippen LogP contribution in [0.5, 0.6) is 5.75 Å². The van der Waals surface area contributed by atoms with Gasteiger partial charge < -0.3 is 9.47 Å². The van der Waals surface area contributed by atoms with Crippen molar-refractivity contribution in [2.75, 3.05) is 6.61 Å². The second-order valence-corrected chi connectivity index (χ2v) is 12.2. The SMILES string of the molecule is C=C(C)C(=O)OCCCCCCc1c(C)cc(OC(=O)C2CCC(C3CCC(CCC)CC3)CC2)cc1C. The second-order valence-electron chi connectivity index (χ2n) is 12.2. The van der Waals surface area contributed by atoms with Crippen LogP contribution in [0.4, 0.5) is 0 Å². The summed E-state index contributed by atoms with van der Waals surface area (Å²) in [5, 5.41) is 0. The fraction of sp³-hybridized carbons (Fsp3) is 0.706. The van der Waals surface area contributed by atoms with Crippen LogP contribution in [0, 0.1) is 37.5 Å². The van der Waals surface area contributed by atoms with E-state index in [-0.39, 0.29) is 17.9 Å². The van der Waals surface area contributed by atoms with Gasteiger partial charge in [0.15, 0.2) is 0 Å². The lowest BCUT2D eigenvalue weighted by Gasteiger charge is -2.37. The Morgan fingerprint density at radius 2 is 1.45 bits per heavy atom. The summed E-state index contributed by atoms with van der Waals surface area (Å²) in [5.74, 6) is 3.08. The third-order valence-corrected chi connectivity index (χ3v) is 9.15. The maximum Gasteiger partial charge on any atom is 0.333 e. The summed E-state index contributed by atoms with van der Waals surface area (Å²) in [7, 11) is 0. The fourth-order valence-electron chi connectivity index (χ4n) is 6.83. The van der Waals surface area contributed by atoms with Crippen molar-refractivity contribution < 1.29 is 19.1 Å². The zero-order valence-electron chi connectivity index (χ0n) is 24.6. The Morgan fingerprint density at radius 1 is 0.868 bits per heavy atom. The average molecular weight is 525 g/mol. The molecule has 1 aromatic rings. The maximum atomic E-state index is 13.0. The smallest absolute Gasteiger partial charge is 0.333 e. The number of carbonyl (C=O) groups is 2. The molecule has 0 saturated heterocycles. The lowest BCUT2D eigenvalue weighted by Crippen LogP contribution is -2.30. The molecular formula is C34H52O4. The molecule has 0 atom stereocenters. The van der Waals surface area contributed by atoms with Crippen LogP contribution >= 0.6 is 0 Å². The van der Waals surface area contributed by atoms with Gasteiger partial charge in [0, 0.05) is 5.57 Å². The van der Waals surface area contributed by atoms with Gasteiger partial charge in [-0.05, 0) is 125 Å². The van der Waals surface area contributed by atoms with Gasteiger partial charge in [-0.3, -0.25) is 4.79 Å². The van der Waals surface area contributed by atoms with E-state index in [1.54, 1.807) is 6.92 Å². The minimum atomic E-state index is -0.301. The van der Waals surface area contributed by atoms with Gasteiger partial charge in [0.2, 0.25) is 0 Å². The largest absolute Gasteiger partial charge is 0.462 e. The molecule has 0 spiro atoms. The van der Waals surface area contributed by atoms with Gasteiger partial charge in [-0.15, -0.1) is 0 Å². The molecule has 0 amide bonds. The highest BCUT2D eigenvalue weighted by Gasteiger charge is 2.33. The molecule has 4 nitrogen and oxygen atoms in total. The summed E-state index contributed by atoms with van der Waals surface area (Å²) in [6, 6.07) is 4.08.